The molecule has 0 saturated carbocycles. The lowest BCUT2D eigenvalue weighted by Crippen LogP contribution is -2.09. The van der Waals surface area contributed by atoms with Crippen LogP contribution in [0.3, 0.4) is 0 Å². The van der Waals surface area contributed by atoms with Crippen molar-refractivity contribution in [2.45, 2.75) is 12.7 Å². The van der Waals surface area contributed by atoms with Gasteiger partial charge < -0.3 is 5.73 Å². The number of hydrogen-bond acceptors (Lipinski definition) is 1. The molecule has 0 atom stereocenters. The summed E-state index contributed by atoms with van der Waals surface area (Å²) in [6.07, 6.45) is -4.38. The predicted molar refractivity (Wildman–Crippen MR) is 49.4 cm³/mol. The first-order valence-electron chi connectivity index (χ1n) is 4.00. The zero-order valence-electron chi connectivity index (χ0n) is 7.43. The van der Waals surface area contributed by atoms with Crippen molar-refractivity contribution in [3.63, 3.8) is 0 Å². The lowest BCUT2D eigenvalue weighted by atomic mass is 10.0. The van der Waals surface area contributed by atoms with E-state index in [0.29, 0.717) is 5.56 Å². The third-order valence-electron chi connectivity index (χ3n) is 1.85. The molecule has 0 fully saturated rings. The first-order valence-corrected chi connectivity index (χ1v) is 4.00. The van der Waals surface area contributed by atoms with Crippen molar-refractivity contribution in [1.82, 2.24) is 0 Å². The van der Waals surface area contributed by atoms with Crippen LogP contribution in [0.2, 0.25) is 0 Å². The SMILES string of the molecule is C=C(c1cccc(CN)c1)C(F)(F)F. The molecule has 0 spiro atoms. The smallest absolute Gasteiger partial charge is 0.326 e. The summed E-state index contributed by atoms with van der Waals surface area (Å²) in [4.78, 5) is 0. The average Bonchev–Trinajstić information content (AvgIpc) is 2.15. The fourth-order valence-corrected chi connectivity index (χ4v) is 1.05. The monoisotopic (exact) mass is 201 g/mol. The minimum atomic E-state index is -4.38. The summed E-state index contributed by atoms with van der Waals surface area (Å²) < 4.78 is 36.7. The molecule has 0 aliphatic heterocycles. The van der Waals surface area contributed by atoms with Crippen LogP contribution in [-0.4, -0.2) is 6.18 Å². The minimum Gasteiger partial charge on any atom is -0.326 e. The Morgan fingerprint density at radius 1 is 1.36 bits per heavy atom. The van der Waals surface area contributed by atoms with Gasteiger partial charge in [-0.3, -0.25) is 0 Å². The third kappa shape index (κ3) is 2.35. The van der Waals surface area contributed by atoms with Crippen LogP contribution in [0.1, 0.15) is 11.1 Å². The highest BCUT2D eigenvalue weighted by Crippen LogP contribution is 2.32. The number of halogens is 3. The lowest BCUT2D eigenvalue weighted by molar-refractivity contribution is -0.0686. The molecule has 0 radical (unpaired) electrons. The Kier molecular flexibility index (Phi) is 2.96. The molecular weight excluding hydrogens is 191 g/mol. The summed E-state index contributed by atoms with van der Waals surface area (Å²) >= 11 is 0. The Bertz CT molecular complexity index is 341. The van der Waals surface area contributed by atoms with Crippen molar-refractivity contribution in [1.29, 1.82) is 0 Å². The number of hydrogen-bond donors (Lipinski definition) is 1. The van der Waals surface area contributed by atoms with Crippen molar-refractivity contribution in [3.8, 4) is 0 Å². The van der Waals surface area contributed by atoms with Gasteiger partial charge in [-0.25, -0.2) is 0 Å². The van der Waals surface area contributed by atoms with Crippen LogP contribution in [0.25, 0.3) is 5.57 Å². The Morgan fingerprint density at radius 3 is 2.50 bits per heavy atom. The van der Waals surface area contributed by atoms with Crippen LogP contribution in [0.15, 0.2) is 30.8 Å². The Labute approximate surface area is 80.0 Å². The highest BCUT2D eigenvalue weighted by molar-refractivity contribution is 5.67. The standard InChI is InChI=1S/C10H10F3N/c1-7(10(11,12)13)9-4-2-3-8(5-9)6-14/h2-5H,1,6,14H2. The number of benzene rings is 1. The van der Waals surface area contributed by atoms with Crippen molar-refractivity contribution in [2.24, 2.45) is 5.73 Å². The largest absolute Gasteiger partial charge is 0.416 e. The molecule has 1 aromatic rings. The summed E-state index contributed by atoms with van der Waals surface area (Å²) in [5.74, 6) is 0. The third-order valence-corrected chi connectivity index (χ3v) is 1.85. The maximum absolute atomic E-state index is 12.2. The van der Waals surface area contributed by atoms with Crippen molar-refractivity contribution < 1.29 is 13.2 Å². The lowest BCUT2D eigenvalue weighted by Gasteiger charge is -2.10. The maximum Gasteiger partial charge on any atom is 0.416 e. The highest BCUT2D eigenvalue weighted by atomic mass is 19.4. The molecule has 0 unspecified atom stereocenters. The van der Waals surface area contributed by atoms with Crippen LogP contribution in [0.5, 0.6) is 0 Å². The van der Waals surface area contributed by atoms with Gasteiger partial charge in [-0.15, -0.1) is 0 Å². The number of nitrogens with two attached hydrogens (primary N) is 1. The van der Waals surface area contributed by atoms with Crippen LogP contribution in [0.4, 0.5) is 13.2 Å². The predicted octanol–water partition coefficient (Wildman–Crippen LogP) is 2.72. The molecule has 0 bridgehead atoms. The fourth-order valence-electron chi connectivity index (χ4n) is 1.05. The van der Waals surface area contributed by atoms with E-state index >= 15 is 0 Å². The van der Waals surface area contributed by atoms with Gasteiger partial charge in [0.15, 0.2) is 0 Å². The first-order chi connectivity index (χ1) is 6.45. The second-order valence-corrected chi connectivity index (χ2v) is 2.88. The minimum absolute atomic E-state index is 0.0699. The van der Waals surface area contributed by atoms with Crippen molar-refractivity contribution >= 4 is 5.57 Å². The summed E-state index contributed by atoms with van der Waals surface area (Å²) in [5, 5.41) is 0. The van der Waals surface area contributed by atoms with Crippen molar-refractivity contribution in [2.75, 3.05) is 0 Å². The van der Waals surface area contributed by atoms with Gasteiger partial charge in [0.25, 0.3) is 0 Å². The summed E-state index contributed by atoms with van der Waals surface area (Å²) in [6, 6.07) is 5.98. The van der Waals surface area contributed by atoms with E-state index in [1.54, 1.807) is 6.07 Å². The molecule has 2 N–H and O–H groups in total. The number of rotatable bonds is 2. The van der Waals surface area contributed by atoms with E-state index in [0.717, 1.165) is 0 Å². The van der Waals surface area contributed by atoms with Crippen LogP contribution in [0, 0.1) is 0 Å². The Morgan fingerprint density at radius 2 is 2.00 bits per heavy atom. The second kappa shape index (κ2) is 3.84. The van der Waals surface area contributed by atoms with Crippen LogP contribution in [-0.2, 0) is 6.54 Å². The molecule has 1 rings (SSSR count). The van der Waals surface area contributed by atoms with E-state index in [1.807, 2.05) is 0 Å². The average molecular weight is 201 g/mol. The normalized spacial score (nSPS) is 11.4. The first kappa shape index (κ1) is 10.8. The van der Waals surface area contributed by atoms with Gasteiger partial charge in [0, 0.05) is 6.54 Å². The van der Waals surface area contributed by atoms with Gasteiger partial charge in [0.05, 0.1) is 5.57 Å². The van der Waals surface area contributed by atoms with E-state index < -0.39 is 11.7 Å². The molecule has 0 aliphatic carbocycles. The van der Waals surface area contributed by atoms with E-state index in [1.165, 1.54) is 18.2 Å². The highest BCUT2D eigenvalue weighted by Gasteiger charge is 2.32. The van der Waals surface area contributed by atoms with E-state index in [4.69, 9.17) is 5.73 Å². The van der Waals surface area contributed by atoms with Gasteiger partial charge in [0.2, 0.25) is 0 Å². The van der Waals surface area contributed by atoms with E-state index in [9.17, 15) is 13.2 Å². The topological polar surface area (TPSA) is 26.0 Å². The molecular formula is C10H10F3N. The van der Waals surface area contributed by atoms with Gasteiger partial charge in [-0.2, -0.15) is 13.2 Å². The number of allylic oxidation sites excluding steroid dienone is 1. The van der Waals surface area contributed by atoms with Gasteiger partial charge in [-0.05, 0) is 17.2 Å². The zero-order chi connectivity index (χ0) is 10.8. The molecule has 0 aliphatic rings. The molecule has 1 aromatic carbocycles. The van der Waals surface area contributed by atoms with Crippen LogP contribution < -0.4 is 5.73 Å². The van der Waals surface area contributed by atoms with E-state index in [2.05, 4.69) is 6.58 Å². The molecule has 0 aromatic heterocycles. The number of alkyl halides is 3. The molecule has 4 heteroatoms. The summed E-state index contributed by atoms with van der Waals surface area (Å²) in [5.41, 5.74) is 5.21. The second-order valence-electron chi connectivity index (χ2n) is 2.88. The molecule has 0 saturated heterocycles. The summed E-state index contributed by atoms with van der Waals surface area (Å²) in [6.45, 7) is 3.23. The van der Waals surface area contributed by atoms with Gasteiger partial charge in [-0.1, -0.05) is 24.8 Å². The van der Waals surface area contributed by atoms with Gasteiger partial charge in [0.1, 0.15) is 0 Å². The van der Waals surface area contributed by atoms with E-state index in [-0.39, 0.29) is 12.1 Å². The molecule has 0 heterocycles. The molecule has 1 nitrogen and oxygen atoms in total. The Balaban J connectivity index is 3.02. The van der Waals surface area contributed by atoms with Gasteiger partial charge >= 0.3 is 6.18 Å². The van der Waals surface area contributed by atoms with Crippen molar-refractivity contribution in [3.05, 3.63) is 42.0 Å². The quantitative estimate of drug-likeness (QED) is 0.782. The van der Waals surface area contributed by atoms with Crippen LogP contribution >= 0.6 is 0 Å². The fraction of sp³-hybridized carbons (Fsp3) is 0.200. The molecule has 14 heavy (non-hydrogen) atoms. The zero-order valence-corrected chi connectivity index (χ0v) is 7.43. The molecule has 76 valence electrons. The maximum atomic E-state index is 12.2. The Hall–Kier alpha value is -1.29. The molecule has 0 amide bonds. The summed E-state index contributed by atoms with van der Waals surface area (Å²) in [7, 11) is 0.